The number of carbonyl (C=O) groups excluding carboxylic acids is 2. The predicted octanol–water partition coefficient (Wildman–Crippen LogP) is 1.44. The van der Waals surface area contributed by atoms with Crippen molar-refractivity contribution in [1.82, 2.24) is 5.32 Å². The monoisotopic (exact) mass is 252 g/mol. The molecule has 2 fully saturated rings. The fraction of sp³-hybridized carbons (Fsp3) is 0.857. The average molecular weight is 252 g/mol. The molecule has 102 valence electrons. The molecule has 0 heterocycles. The van der Waals surface area contributed by atoms with E-state index < -0.39 is 5.41 Å². The number of hydrogen-bond acceptors (Lipinski definition) is 2. The molecule has 2 rings (SSSR count). The van der Waals surface area contributed by atoms with Gasteiger partial charge in [0.2, 0.25) is 11.8 Å². The standard InChI is InChI=1S/C14H24N2O2/c1-14(2,13(15)18)8-16-12(17)7-11(9-3-4-9)10-5-6-10/h9-11H,3-8H2,1-2H3,(H2,15,18)(H,16,17). The minimum atomic E-state index is -0.662. The van der Waals surface area contributed by atoms with E-state index in [2.05, 4.69) is 5.32 Å². The first-order valence-corrected chi connectivity index (χ1v) is 6.97. The number of nitrogens with one attached hydrogen (secondary N) is 1. The maximum Gasteiger partial charge on any atom is 0.224 e. The first-order chi connectivity index (χ1) is 8.40. The molecule has 2 amide bonds. The highest BCUT2D eigenvalue weighted by molar-refractivity contribution is 5.82. The summed E-state index contributed by atoms with van der Waals surface area (Å²) in [7, 11) is 0. The van der Waals surface area contributed by atoms with E-state index in [1.165, 1.54) is 25.7 Å². The van der Waals surface area contributed by atoms with Crippen LogP contribution in [-0.2, 0) is 9.59 Å². The molecule has 0 radical (unpaired) electrons. The minimum Gasteiger partial charge on any atom is -0.369 e. The van der Waals surface area contributed by atoms with Gasteiger partial charge in [-0.2, -0.15) is 0 Å². The maximum absolute atomic E-state index is 11.9. The molecule has 0 aromatic carbocycles. The van der Waals surface area contributed by atoms with Gasteiger partial charge in [0.1, 0.15) is 0 Å². The van der Waals surface area contributed by atoms with Crippen LogP contribution in [0.3, 0.4) is 0 Å². The Labute approximate surface area is 109 Å². The molecule has 0 aliphatic heterocycles. The third-order valence-electron chi connectivity index (χ3n) is 4.27. The van der Waals surface area contributed by atoms with Crippen molar-refractivity contribution < 1.29 is 9.59 Å². The fourth-order valence-corrected chi connectivity index (χ4v) is 2.46. The summed E-state index contributed by atoms with van der Waals surface area (Å²) in [6.45, 7) is 3.85. The van der Waals surface area contributed by atoms with Crippen LogP contribution in [-0.4, -0.2) is 18.4 Å². The van der Waals surface area contributed by atoms with E-state index in [-0.39, 0.29) is 11.8 Å². The molecule has 0 aromatic heterocycles. The van der Waals surface area contributed by atoms with Gasteiger partial charge in [0.05, 0.1) is 5.41 Å². The minimum absolute atomic E-state index is 0.0770. The zero-order chi connectivity index (χ0) is 13.3. The quantitative estimate of drug-likeness (QED) is 0.719. The molecule has 2 saturated carbocycles. The van der Waals surface area contributed by atoms with Crippen molar-refractivity contribution in [2.24, 2.45) is 28.9 Å². The molecule has 2 aliphatic rings. The Kier molecular flexibility index (Phi) is 3.64. The van der Waals surface area contributed by atoms with Crippen LogP contribution in [0, 0.1) is 23.2 Å². The van der Waals surface area contributed by atoms with E-state index in [0.717, 1.165) is 11.8 Å². The molecule has 2 aliphatic carbocycles. The second kappa shape index (κ2) is 4.90. The van der Waals surface area contributed by atoms with Gasteiger partial charge in [0.15, 0.2) is 0 Å². The van der Waals surface area contributed by atoms with Crippen LogP contribution >= 0.6 is 0 Å². The summed E-state index contributed by atoms with van der Waals surface area (Å²) in [5.41, 5.74) is 4.62. The van der Waals surface area contributed by atoms with Gasteiger partial charge in [0.25, 0.3) is 0 Å². The number of primary amides is 1. The van der Waals surface area contributed by atoms with Crippen molar-refractivity contribution in [2.75, 3.05) is 6.54 Å². The number of amides is 2. The van der Waals surface area contributed by atoms with Crippen LogP contribution in [0.1, 0.15) is 46.0 Å². The normalized spacial score (nSPS) is 19.9. The Balaban J connectivity index is 1.76. The summed E-state index contributed by atoms with van der Waals surface area (Å²) < 4.78 is 0. The van der Waals surface area contributed by atoms with Crippen molar-refractivity contribution in [2.45, 2.75) is 46.0 Å². The van der Waals surface area contributed by atoms with Gasteiger partial charge in [-0.3, -0.25) is 9.59 Å². The molecular weight excluding hydrogens is 228 g/mol. The molecule has 4 nitrogen and oxygen atoms in total. The summed E-state index contributed by atoms with van der Waals surface area (Å²) in [6, 6.07) is 0. The fourth-order valence-electron chi connectivity index (χ4n) is 2.46. The maximum atomic E-state index is 11.9. The Morgan fingerprint density at radius 2 is 1.72 bits per heavy atom. The second-order valence-corrected chi connectivity index (χ2v) is 6.57. The molecular formula is C14H24N2O2. The lowest BCUT2D eigenvalue weighted by molar-refractivity contribution is -0.127. The van der Waals surface area contributed by atoms with Crippen molar-refractivity contribution in [3.8, 4) is 0 Å². The molecule has 0 saturated heterocycles. The van der Waals surface area contributed by atoms with Gasteiger partial charge >= 0.3 is 0 Å². The molecule has 0 atom stereocenters. The van der Waals surface area contributed by atoms with Gasteiger partial charge in [-0.15, -0.1) is 0 Å². The summed E-state index contributed by atoms with van der Waals surface area (Å²) in [5.74, 6) is 1.86. The van der Waals surface area contributed by atoms with Crippen molar-refractivity contribution in [3.05, 3.63) is 0 Å². The van der Waals surface area contributed by atoms with Crippen LogP contribution in [0.4, 0.5) is 0 Å². The van der Waals surface area contributed by atoms with Crippen LogP contribution in [0.5, 0.6) is 0 Å². The number of carbonyl (C=O) groups is 2. The van der Waals surface area contributed by atoms with Crippen LogP contribution in [0.25, 0.3) is 0 Å². The molecule has 0 aromatic rings. The Hall–Kier alpha value is -1.06. The van der Waals surface area contributed by atoms with Gasteiger partial charge in [0, 0.05) is 13.0 Å². The van der Waals surface area contributed by atoms with E-state index in [1.54, 1.807) is 13.8 Å². The Morgan fingerprint density at radius 1 is 1.22 bits per heavy atom. The largest absolute Gasteiger partial charge is 0.369 e. The van der Waals surface area contributed by atoms with Crippen molar-refractivity contribution in [1.29, 1.82) is 0 Å². The molecule has 4 heteroatoms. The van der Waals surface area contributed by atoms with Gasteiger partial charge in [-0.25, -0.2) is 0 Å². The zero-order valence-electron chi connectivity index (χ0n) is 11.4. The van der Waals surface area contributed by atoms with E-state index in [4.69, 9.17) is 5.73 Å². The lowest BCUT2D eigenvalue weighted by Gasteiger charge is -2.22. The summed E-state index contributed by atoms with van der Waals surface area (Å²) in [5, 5.41) is 2.86. The van der Waals surface area contributed by atoms with Gasteiger partial charge in [-0.05, 0) is 57.3 Å². The molecule has 0 unspecified atom stereocenters. The van der Waals surface area contributed by atoms with Gasteiger partial charge in [-0.1, -0.05) is 0 Å². The smallest absolute Gasteiger partial charge is 0.224 e. The number of rotatable bonds is 7. The van der Waals surface area contributed by atoms with E-state index in [1.807, 2.05) is 0 Å². The highest BCUT2D eigenvalue weighted by atomic mass is 16.2. The van der Waals surface area contributed by atoms with Crippen LogP contribution < -0.4 is 11.1 Å². The second-order valence-electron chi connectivity index (χ2n) is 6.57. The van der Waals surface area contributed by atoms with E-state index >= 15 is 0 Å². The average Bonchev–Trinajstić information content (AvgIpc) is 3.16. The van der Waals surface area contributed by atoms with E-state index in [0.29, 0.717) is 18.9 Å². The van der Waals surface area contributed by atoms with Crippen LogP contribution in [0.2, 0.25) is 0 Å². The van der Waals surface area contributed by atoms with Crippen molar-refractivity contribution in [3.63, 3.8) is 0 Å². The van der Waals surface area contributed by atoms with Crippen molar-refractivity contribution >= 4 is 11.8 Å². The predicted molar refractivity (Wildman–Crippen MR) is 69.5 cm³/mol. The third kappa shape index (κ3) is 3.47. The summed E-state index contributed by atoms with van der Waals surface area (Å²) in [4.78, 5) is 23.1. The lowest BCUT2D eigenvalue weighted by Crippen LogP contribution is -2.42. The number of hydrogen-bond donors (Lipinski definition) is 2. The van der Waals surface area contributed by atoms with Gasteiger partial charge < -0.3 is 11.1 Å². The first kappa shape index (κ1) is 13.4. The molecule has 3 N–H and O–H groups in total. The zero-order valence-corrected chi connectivity index (χ0v) is 11.4. The summed E-state index contributed by atoms with van der Waals surface area (Å²) >= 11 is 0. The Morgan fingerprint density at radius 3 is 2.11 bits per heavy atom. The molecule has 18 heavy (non-hydrogen) atoms. The first-order valence-electron chi connectivity index (χ1n) is 6.97. The van der Waals surface area contributed by atoms with E-state index in [9.17, 15) is 9.59 Å². The molecule has 0 bridgehead atoms. The SMILES string of the molecule is CC(C)(CNC(=O)CC(C1CC1)C1CC1)C(N)=O. The summed E-state index contributed by atoms with van der Waals surface area (Å²) in [6.07, 6.45) is 5.80. The highest BCUT2D eigenvalue weighted by Gasteiger charge is 2.42. The number of nitrogens with two attached hydrogens (primary N) is 1. The molecule has 0 spiro atoms. The topological polar surface area (TPSA) is 72.2 Å². The third-order valence-corrected chi connectivity index (χ3v) is 4.27. The highest BCUT2D eigenvalue weighted by Crippen LogP contribution is 2.50. The Bertz CT molecular complexity index is 332. The lowest BCUT2D eigenvalue weighted by atomic mass is 9.91. The van der Waals surface area contributed by atoms with Crippen LogP contribution in [0.15, 0.2) is 0 Å².